The van der Waals surface area contributed by atoms with Gasteiger partial charge in [0, 0.05) is 35.1 Å². The zero-order chi connectivity index (χ0) is 17.2. The first-order valence-electron chi connectivity index (χ1n) is 8.44. The molecule has 0 saturated heterocycles. The van der Waals surface area contributed by atoms with Crippen molar-refractivity contribution in [3.63, 3.8) is 0 Å². The lowest BCUT2D eigenvalue weighted by molar-refractivity contribution is 0.0990. The molecule has 0 unspecified atom stereocenters. The van der Waals surface area contributed by atoms with Crippen molar-refractivity contribution in [1.82, 2.24) is 19.6 Å². The zero-order valence-electron chi connectivity index (χ0n) is 13.7. The van der Waals surface area contributed by atoms with Gasteiger partial charge in [-0.05, 0) is 31.0 Å². The Bertz CT molecular complexity index is 902. The molecule has 3 heterocycles. The molecular formula is C18H18ClN5O. The third-order valence-corrected chi connectivity index (χ3v) is 4.67. The number of nitrogens with zero attached hydrogens (tertiary/aromatic N) is 4. The summed E-state index contributed by atoms with van der Waals surface area (Å²) in [6.07, 6.45) is 8.11. The summed E-state index contributed by atoms with van der Waals surface area (Å²) < 4.78 is 1.73. The largest absolute Gasteiger partial charge is 0.367 e. The van der Waals surface area contributed by atoms with Crippen molar-refractivity contribution in [2.24, 2.45) is 0 Å². The van der Waals surface area contributed by atoms with E-state index in [0.29, 0.717) is 28.1 Å². The Kier molecular flexibility index (Phi) is 4.36. The van der Waals surface area contributed by atoms with Gasteiger partial charge in [0.1, 0.15) is 5.82 Å². The highest BCUT2D eigenvalue weighted by atomic mass is 35.5. The summed E-state index contributed by atoms with van der Waals surface area (Å²) in [5, 5.41) is 8.61. The highest BCUT2D eigenvalue weighted by Gasteiger charge is 2.18. The first-order valence-corrected chi connectivity index (χ1v) is 8.82. The molecule has 3 aromatic heterocycles. The number of carbonyl (C=O) groups is 1. The molecule has 25 heavy (non-hydrogen) atoms. The molecule has 0 spiro atoms. The molecule has 0 aliphatic heterocycles. The summed E-state index contributed by atoms with van der Waals surface area (Å²) in [4.78, 5) is 20.8. The van der Waals surface area contributed by atoms with E-state index in [4.69, 9.17) is 11.6 Å². The Morgan fingerprint density at radius 2 is 2.16 bits per heavy atom. The Morgan fingerprint density at radius 3 is 2.92 bits per heavy atom. The second kappa shape index (κ2) is 6.80. The Morgan fingerprint density at radius 1 is 1.32 bits per heavy atom. The number of hydrogen-bond donors (Lipinski definition) is 1. The summed E-state index contributed by atoms with van der Waals surface area (Å²) in [5.74, 6) is 1.24. The number of Topliss-reactive ketones (excluding diaryl/α,β-unsaturated/α-hetero) is 1. The summed E-state index contributed by atoms with van der Waals surface area (Å²) in [7, 11) is 0. The van der Waals surface area contributed by atoms with Crippen LogP contribution in [0.4, 0.5) is 5.82 Å². The SMILES string of the molecule is O=C(Cc1nc2cc(Cl)cc(NC3CCCC3)n2n1)c1cccnc1. The van der Waals surface area contributed by atoms with E-state index >= 15 is 0 Å². The number of aromatic nitrogens is 4. The molecule has 0 radical (unpaired) electrons. The highest BCUT2D eigenvalue weighted by Crippen LogP contribution is 2.25. The Hall–Kier alpha value is -2.47. The molecular weight excluding hydrogens is 338 g/mol. The molecule has 128 valence electrons. The van der Waals surface area contributed by atoms with Gasteiger partial charge in [-0.3, -0.25) is 9.78 Å². The predicted octanol–water partition coefficient (Wildman–Crippen LogP) is 3.56. The third kappa shape index (κ3) is 3.49. The maximum Gasteiger partial charge on any atom is 0.172 e. The number of hydrogen-bond acceptors (Lipinski definition) is 5. The fourth-order valence-electron chi connectivity index (χ4n) is 3.23. The van der Waals surface area contributed by atoms with Gasteiger partial charge in [-0.1, -0.05) is 24.4 Å². The fraction of sp³-hybridized carbons (Fsp3) is 0.333. The molecule has 0 atom stereocenters. The van der Waals surface area contributed by atoms with Crippen LogP contribution in [0.2, 0.25) is 5.02 Å². The molecule has 0 amide bonds. The van der Waals surface area contributed by atoms with E-state index in [-0.39, 0.29) is 12.2 Å². The van der Waals surface area contributed by atoms with Crippen LogP contribution in [0.1, 0.15) is 41.9 Å². The van der Waals surface area contributed by atoms with E-state index in [1.807, 2.05) is 6.07 Å². The first kappa shape index (κ1) is 16.0. The van der Waals surface area contributed by atoms with Crippen molar-refractivity contribution in [2.45, 2.75) is 38.1 Å². The van der Waals surface area contributed by atoms with Gasteiger partial charge in [-0.15, -0.1) is 5.10 Å². The number of halogens is 1. The van der Waals surface area contributed by atoms with Gasteiger partial charge in [0.05, 0.1) is 6.42 Å². The second-order valence-electron chi connectivity index (χ2n) is 6.32. The minimum atomic E-state index is -0.0552. The summed E-state index contributed by atoms with van der Waals surface area (Å²) in [5.41, 5.74) is 1.20. The topological polar surface area (TPSA) is 72.2 Å². The average Bonchev–Trinajstić information content (AvgIpc) is 3.25. The van der Waals surface area contributed by atoms with Crippen LogP contribution in [-0.2, 0) is 6.42 Å². The minimum absolute atomic E-state index is 0.0552. The van der Waals surface area contributed by atoms with Crippen molar-refractivity contribution >= 4 is 28.8 Å². The van der Waals surface area contributed by atoms with E-state index in [0.717, 1.165) is 18.7 Å². The van der Waals surface area contributed by atoms with Gasteiger partial charge in [-0.25, -0.2) is 4.98 Å². The highest BCUT2D eigenvalue weighted by molar-refractivity contribution is 6.31. The quantitative estimate of drug-likeness (QED) is 0.708. The van der Waals surface area contributed by atoms with Crippen molar-refractivity contribution < 1.29 is 4.79 Å². The van der Waals surface area contributed by atoms with E-state index in [1.165, 1.54) is 12.8 Å². The molecule has 7 heteroatoms. The van der Waals surface area contributed by atoms with E-state index < -0.39 is 0 Å². The summed E-state index contributed by atoms with van der Waals surface area (Å²) in [6.45, 7) is 0. The zero-order valence-corrected chi connectivity index (χ0v) is 14.4. The van der Waals surface area contributed by atoms with Gasteiger partial charge in [-0.2, -0.15) is 4.52 Å². The van der Waals surface area contributed by atoms with Gasteiger partial charge >= 0.3 is 0 Å². The number of anilines is 1. The van der Waals surface area contributed by atoms with Gasteiger partial charge < -0.3 is 5.32 Å². The molecule has 1 fully saturated rings. The van der Waals surface area contributed by atoms with Crippen molar-refractivity contribution in [1.29, 1.82) is 0 Å². The molecule has 0 bridgehead atoms. The van der Waals surface area contributed by atoms with Crippen LogP contribution < -0.4 is 5.32 Å². The van der Waals surface area contributed by atoms with E-state index in [2.05, 4.69) is 20.4 Å². The number of pyridine rings is 2. The fourth-order valence-corrected chi connectivity index (χ4v) is 3.43. The van der Waals surface area contributed by atoms with Crippen molar-refractivity contribution in [3.05, 3.63) is 53.1 Å². The average molecular weight is 356 g/mol. The molecule has 0 aromatic carbocycles. The van der Waals surface area contributed by atoms with Gasteiger partial charge in [0.25, 0.3) is 0 Å². The molecule has 6 nitrogen and oxygen atoms in total. The normalized spacial score (nSPS) is 14.9. The van der Waals surface area contributed by atoms with Crippen LogP contribution in [-0.4, -0.2) is 31.4 Å². The van der Waals surface area contributed by atoms with Crippen LogP contribution in [0, 0.1) is 0 Å². The van der Waals surface area contributed by atoms with Crippen molar-refractivity contribution in [3.8, 4) is 0 Å². The smallest absolute Gasteiger partial charge is 0.172 e. The number of carbonyl (C=O) groups excluding carboxylic acids is 1. The maximum atomic E-state index is 12.4. The standard InChI is InChI=1S/C18H18ClN5O/c19-13-8-17(21-14-5-1-2-6-14)24-18(9-13)22-16(23-24)10-15(25)12-4-3-7-20-11-12/h3-4,7-9,11,14,21H,1-2,5-6,10H2. The molecule has 4 rings (SSSR count). The summed E-state index contributed by atoms with van der Waals surface area (Å²) in [6, 6.07) is 7.54. The molecule has 1 aliphatic rings. The lowest BCUT2D eigenvalue weighted by Crippen LogP contribution is -2.17. The lowest BCUT2D eigenvalue weighted by atomic mass is 10.1. The third-order valence-electron chi connectivity index (χ3n) is 4.46. The maximum absolute atomic E-state index is 12.4. The Labute approximate surface area is 150 Å². The summed E-state index contributed by atoms with van der Waals surface area (Å²) >= 11 is 6.22. The first-order chi connectivity index (χ1) is 12.2. The van der Waals surface area contributed by atoms with Crippen molar-refractivity contribution in [2.75, 3.05) is 5.32 Å². The Balaban J connectivity index is 1.61. The number of fused-ring (bicyclic) bond motifs is 1. The van der Waals surface area contributed by atoms with Crippen LogP contribution in [0.3, 0.4) is 0 Å². The second-order valence-corrected chi connectivity index (χ2v) is 6.76. The minimum Gasteiger partial charge on any atom is -0.367 e. The van der Waals surface area contributed by atoms with Crippen LogP contribution >= 0.6 is 11.6 Å². The molecule has 1 aliphatic carbocycles. The molecule has 3 aromatic rings. The van der Waals surface area contributed by atoms with Crippen LogP contribution in [0.5, 0.6) is 0 Å². The van der Waals surface area contributed by atoms with E-state index in [9.17, 15) is 4.79 Å². The number of ketones is 1. The lowest BCUT2D eigenvalue weighted by Gasteiger charge is -2.14. The predicted molar refractivity (Wildman–Crippen MR) is 96.1 cm³/mol. The van der Waals surface area contributed by atoms with E-state index in [1.54, 1.807) is 35.1 Å². The van der Waals surface area contributed by atoms with Crippen LogP contribution in [0.15, 0.2) is 36.7 Å². The number of nitrogens with one attached hydrogen (secondary N) is 1. The molecule has 1 saturated carbocycles. The monoisotopic (exact) mass is 355 g/mol. The molecule has 1 N–H and O–H groups in total. The van der Waals surface area contributed by atoms with Crippen LogP contribution in [0.25, 0.3) is 5.65 Å². The van der Waals surface area contributed by atoms with Gasteiger partial charge in [0.15, 0.2) is 17.3 Å². The number of rotatable bonds is 5. The van der Waals surface area contributed by atoms with Gasteiger partial charge in [0.2, 0.25) is 0 Å².